The van der Waals surface area contributed by atoms with Crippen molar-refractivity contribution in [3.05, 3.63) is 57.6 Å². The molecule has 124 valence electrons. The van der Waals surface area contributed by atoms with Crippen molar-refractivity contribution in [2.45, 2.75) is 25.8 Å². The fraction of sp³-hybridized carbons (Fsp3) is 0.235. The van der Waals surface area contributed by atoms with Gasteiger partial charge in [-0.2, -0.15) is 0 Å². The van der Waals surface area contributed by atoms with E-state index in [2.05, 4.69) is 15.5 Å². The van der Waals surface area contributed by atoms with Gasteiger partial charge in [0.05, 0.1) is 10.4 Å². The molecule has 0 spiro atoms. The van der Waals surface area contributed by atoms with Gasteiger partial charge in [-0.05, 0) is 31.2 Å². The van der Waals surface area contributed by atoms with Crippen LogP contribution in [-0.2, 0) is 11.2 Å². The second-order valence-corrected chi connectivity index (χ2v) is 7.04. The lowest BCUT2D eigenvalue weighted by Gasteiger charge is -2.11. The average Bonchev–Trinajstić information content (AvgIpc) is 3.23. The fourth-order valence-electron chi connectivity index (χ4n) is 2.22. The lowest BCUT2D eigenvalue weighted by Crippen LogP contribution is -2.26. The molecule has 1 amide bonds. The Hall–Kier alpha value is -2.18. The summed E-state index contributed by atoms with van der Waals surface area (Å²) >= 11 is 7.38. The topological polar surface area (TPSA) is 68.0 Å². The van der Waals surface area contributed by atoms with Crippen molar-refractivity contribution in [2.24, 2.45) is 0 Å². The van der Waals surface area contributed by atoms with Gasteiger partial charge >= 0.3 is 0 Å². The van der Waals surface area contributed by atoms with Crippen molar-refractivity contribution in [1.29, 1.82) is 0 Å². The van der Waals surface area contributed by atoms with Crippen molar-refractivity contribution in [2.75, 3.05) is 0 Å². The van der Waals surface area contributed by atoms with Gasteiger partial charge in [0.25, 0.3) is 0 Å². The van der Waals surface area contributed by atoms with Crippen molar-refractivity contribution in [3.8, 4) is 11.5 Å². The number of nitrogens with zero attached hydrogens (tertiary/aromatic N) is 2. The molecule has 24 heavy (non-hydrogen) atoms. The molecule has 0 saturated carbocycles. The predicted octanol–water partition coefficient (Wildman–Crippen LogP) is 4.26. The molecule has 1 atom stereocenters. The van der Waals surface area contributed by atoms with Crippen LogP contribution in [-0.4, -0.2) is 16.1 Å². The number of halogens is 1. The van der Waals surface area contributed by atoms with Crippen LogP contribution in [0.2, 0.25) is 4.34 Å². The first-order valence-corrected chi connectivity index (χ1v) is 8.73. The number of carbonyl (C=O) groups excluding carboxylic acids is 1. The summed E-state index contributed by atoms with van der Waals surface area (Å²) in [4.78, 5) is 13.1. The SMILES string of the molecule is CC(NC(=O)CCc1nnc(-c2ccccc2)o1)c1ccc(Cl)s1. The summed E-state index contributed by atoms with van der Waals surface area (Å²) in [6.45, 7) is 1.93. The second kappa shape index (κ2) is 7.59. The third-order valence-electron chi connectivity index (χ3n) is 3.45. The molecule has 0 radical (unpaired) electrons. The van der Waals surface area contributed by atoms with E-state index in [-0.39, 0.29) is 11.9 Å². The van der Waals surface area contributed by atoms with Gasteiger partial charge in [0.15, 0.2) is 0 Å². The van der Waals surface area contributed by atoms with E-state index < -0.39 is 0 Å². The number of amides is 1. The second-order valence-electron chi connectivity index (χ2n) is 5.30. The Morgan fingerprint density at radius 1 is 1.25 bits per heavy atom. The zero-order chi connectivity index (χ0) is 16.9. The summed E-state index contributed by atoms with van der Waals surface area (Å²) in [5, 5.41) is 10.9. The van der Waals surface area contributed by atoms with E-state index >= 15 is 0 Å². The standard InChI is InChI=1S/C17H16ClN3O2S/c1-11(13-7-8-14(18)24-13)19-15(22)9-10-16-20-21-17(23-16)12-5-3-2-4-6-12/h2-8,11H,9-10H2,1H3,(H,19,22). The number of rotatable bonds is 6. The summed E-state index contributed by atoms with van der Waals surface area (Å²) in [7, 11) is 0. The molecule has 0 aliphatic carbocycles. The normalized spacial score (nSPS) is 12.1. The minimum absolute atomic E-state index is 0.0634. The maximum Gasteiger partial charge on any atom is 0.247 e. The predicted molar refractivity (Wildman–Crippen MR) is 93.9 cm³/mol. The van der Waals surface area contributed by atoms with E-state index in [4.69, 9.17) is 16.0 Å². The number of aryl methyl sites for hydroxylation is 1. The van der Waals surface area contributed by atoms with Gasteiger partial charge in [-0.25, -0.2) is 0 Å². The summed E-state index contributed by atoms with van der Waals surface area (Å²) in [5.41, 5.74) is 0.865. The highest BCUT2D eigenvalue weighted by Crippen LogP contribution is 2.26. The lowest BCUT2D eigenvalue weighted by atomic mass is 10.2. The Labute approximate surface area is 148 Å². The molecule has 0 bridgehead atoms. The van der Waals surface area contributed by atoms with Crippen LogP contribution >= 0.6 is 22.9 Å². The van der Waals surface area contributed by atoms with E-state index in [0.29, 0.717) is 29.0 Å². The molecule has 0 aliphatic heterocycles. The molecule has 1 N–H and O–H groups in total. The average molecular weight is 362 g/mol. The van der Waals surface area contributed by atoms with Crippen molar-refractivity contribution in [3.63, 3.8) is 0 Å². The molecule has 7 heteroatoms. The zero-order valence-corrected chi connectivity index (χ0v) is 14.6. The van der Waals surface area contributed by atoms with Gasteiger partial charge in [0, 0.05) is 23.3 Å². The third kappa shape index (κ3) is 4.21. The number of nitrogens with one attached hydrogen (secondary N) is 1. The maximum atomic E-state index is 12.1. The van der Waals surface area contributed by atoms with Crippen molar-refractivity contribution in [1.82, 2.24) is 15.5 Å². The van der Waals surface area contributed by atoms with Gasteiger partial charge in [0.2, 0.25) is 17.7 Å². The molecular formula is C17H16ClN3O2S. The molecule has 3 rings (SSSR count). The van der Waals surface area contributed by atoms with E-state index in [1.54, 1.807) is 0 Å². The molecule has 5 nitrogen and oxygen atoms in total. The van der Waals surface area contributed by atoms with Gasteiger partial charge in [0.1, 0.15) is 0 Å². The first kappa shape index (κ1) is 16.7. The number of aromatic nitrogens is 2. The van der Waals surface area contributed by atoms with Crippen LogP contribution in [0.25, 0.3) is 11.5 Å². The molecule has 2 heterocycles. The molecule has 0 saturated heterocycles. The monoisotopic (exact) mass is 361 g/mol. The maximum absolute atomic E-state index is 12.1. The summed E-state index contributed by atoms with van der Waals surface area (Å²) in [6.07, 6.45) is 0.698. The highest BCUT2D eigenvalue weighted by atomic mass is 35.5. The Kier molecular flexibility index (Phi) is 5.27. The van der Waals surface area contributed by atoms with Crippen LogP contribution in [0.1, 0.15) is 30.2 Å². The van der Waals surface area contributed by atoms with Crippen LogP contribution in [0, 0.1) is 0 Å². The van der Waals surface area contributed by atoms with E-state index in [1.165, 1.54) is 11.3 Å². The highest BCUT2D eigenvalue weighted by Gasteiger charge is 2.14. The van der Waals surface area contributed by atoms with Gasteiger partial charge in [-0.3, -0.25) is 4.79 Å². The number of carbonyl (C=O) groups is 1. The highest BCUT2D eigenvalue weighted by molar-refractivity contribution is 7.16. The van der Waals surface area contributed by atoms with Gasteiger partial charge in [-0.15, -0.1) is 21.5 Å². The van der Waals surface area contributed by atoms with E-state index in [0.717, 1.165) is 10.4 Å². The van der Waals surface area contributed by atoms with Crippen LogP contribution < -0.4 is 5.32 Å². The quantitative estimate of drug-likeness (QED) is 0.712. The number of hydrogen-bond donors (Lipinski definition) is 1. The summed E-state index contributed by atoms with van der Waals surface area (Å²) in [5.74, 6) is 0.856. The number of hydrogen-bond acceptors (Lipinski definition) is 5. The largest absolute Gasteiger partial charge is 0.421 e. The first-order chi connectivity index (χ1) is 11.6. The number of benzene rings is 1. The lowest BCUT2D eigenvalue weighted by molar-refractivity contribution is -0.121. The Bertz CT molecular complexity index is 816. The van der Waals surface area contributed by atoms with E-state index in [9.17, 15) is 4.79 Å². The van der Waals surface area contributed by atoms with E-state index in [1.807, 2.05) is 49.4 Å². The van der Waals surface area contributed by atoms with Crippen LogP contribution in [0.5, 0.6) is 0 Å². The van der Waals surface area contributed by atoms with Gasteiger partial charge in [-0.1, -0.05) is 29.8 Å². The van der Waals surface area contributed by atoms with Crippen molar-refractivity contribution >= 4 is 28.8 Å². The molecule has 0 aliphatic rings. The van der Waals surface area contributed by atoms with Gasteiger partial charge < -0.3 is 9.73 Å². The molecule has 1 unspecified atom stereocenters. The first-order valence-electron chi connectivity index (χ1n) is 7.54. The Morgan fingerprint density at radius 3 is 2.75 bits per heavy atom. The third-order valence-corrected chi connectivity index (χ3v) is 4.87. The molecule has 1 aromatic carbocycles. The van der Waals surface area contributed by atoms with Crippen LogP contribution in [0.4, 0.5) is 0 Å². The number of thiophene rings is 1. The van der Waals surface area contributed by atoms with Crippen LogP contribution in [0.3, 0.4) is 0 Å². The summed E-state index contributed by atoms with van der Waals surface area (Å²) < 4.78 is 6.31. The minimum atomic E-state index is -0.0717. The molecule has 0 fully saturated rings. The molecular weight excluding hydrogens is 346 g/mol. The van der Waals surface area contributed by atoms with Crippen molar-refractivity contribution < 1.29 is 9.21 Å². The summed E-state index contributed by atoms with van der Waals surface area (Å²) in [6, 6.07) is 13.2. The zero-order valence-electron chi connectivity index (χ0n) is 13.0. The fourth-order valence-corrected chi connectivity index (χ4v) is 3.28. The smallest absolute Gasteiger partial charge is 0.247 e. The Balaban J connectivity index is 1.52. The minimum Gasteiger partial charge on any atom is -0.421 e. The molecule has 3 aromatic rings. The molecule has 2 aromatic heterocycles. The Morgan fingerprint density at radius 2 is 2.04 bits per heavy atom. The van der Waals surface area contributed by atoms with Crippen LogP contribution in [0.15, 0.2) is 46.9 Å².